The van der Waals surface area contributed by atoms with Gasteiger partial charge in [-0.05, 0) is 42.7 Å². The molecule has 0 aliphatic carbocycles. The third kappa shape index (κ3) is 3.12. The second-order valence-electron chi connectivity index (χ2n) is 6.80. The number of amides is 1. The van der Waals surface area contributed by atoms with E-state index in [-0.39, 0.29) is 23.6 Å². The molecule has 1 atom stereocenters. The molecule has 0 saturated carbocycles. The van der Waals surface area contributed by atoms with E-state index in [1.807, 2.05) is 13.0 Å². The molecule has 136 valence electrons. The predicted molar refractivity (Wildman–Crippen MR) is 101 cm³/mol. The van der Waals surface area contributed by atoms with Crippen LogP contribution >= 0.6 is 0 Å². The molecule has 4 heteroatoms. The van der Waals surface area contributed by atoms with Crippen molar-refractivity contribution in [1.82, 2.24) is 4.90 Å². The number of hydrogen-bond acceptors (Lipinski definition) is 1. The first-order chi connectivity index (χ1) is 13.1. The molecule has 2 nitrogen and oxygen atoms in total. The highest BCUT2D eigenvalue weighted by molar-refractivity contribution is 5.97. The summed E-state index contributed by atoms with van der Waals surface area (Å²) in [5.41, 5.74) is 3.30. The van der Waals surface area contributed by atoms with Gasteiger partial charge < -0.3 is 4.90 Å². The van der Waals surface area contributed by atoms with Crippen LogP contribution in [0.5, 0.6) is 0 Å². The van der Waals surface area contributed by atoms with Crippen molar-refractivity contribution in [2.45, 2.75) is 19.4 Å². The van der Waals surface area contributed by atoms with Crippen LogP contribution in [0.3, 0.4) is 0 Å². The highest BCUT2D eigenvalue weighted by Crippen LogP contribution is 2.32. The van der Waals surface area contributed by atoms with Gasteiger partial charge in [-0.15, -0.1) is 0 Å². The van der Waals surface area contributed by atoms with Crippen molar-refractivity contribution in [2.75, 3.05) is 6.54 Å². The summed E-state index contributed by atoms with van der Waals surface area (Å²) in [5, 5.41) is 0. The Labute approximate surface area is 157 Å². The molecule has 0 N–H and O–H groups in total. The molecule has 1 aliphatic rings. The maximum atomic E-state index is 14.1. The monoisotopic (exact) mass is 363 g/mol. The SMILES string of the molecule is CC(c1ccccc1F)N1CCc2cc(-c3ccccc3F)ccc2C1=O. The lowest BCUT2D eigenvalue weighted by Gasteiger charge is -2.34. The van der Waals surface area contributed by atoms with Gasteiger partial charge in [0.1, 0.15) is 11.6 Å². The van der Waals surface area contributed by atoms with Gasteiger partial charge in [-0.3, -0.25) is 4.79 Å². The van der Waals surface area contributed by atoms with Gasteiger partial charge in [-0.2, -0.15) is 0 Å². The third-order valence-corrected chi connectivity index (χ3v) is 5.23. The Morgan fingerprint density at radius 2 is 1.59 bits per heavy atom. The lowest BCUT2D eigenvalue weighted by Crippen LogP contribution is -2.39. The number of nitrogens with zero attached hydrogens (tertiary/aromatic N) is 1. The van der Waals surface area contributed by atoms with E-state index in [4.69, 9.17) is 0 Å². The van der Waals surface area contributed by atoms with E-state index < -0.39 is 0 Å². The molecule has 27 heavy (non-hydrogen) atoms. The van der Waals surface area contributed by atoms with Crippen LogP contribution in [0.25, 0.3) is 11.1 Å². The van der Waals surface area contributed by atoms with Crippen molar-refractivity contribution in [3.05, 3.63) is 95.1 Å². The molecule has 0 bridgehead atoms. The van der Waals surface area contributed by atoms with E-state index in [1.54, 1.807) is 53.4 Å². The van der Waals surface area contributed by atoms with Crippen molar-refractivity contribution >= 4 is 5.91 Å². The summed E-state index contributed by atoms with van der Waals surface area (Å²) < 4.78 is 28.2. The summed E-state index contributed by atoms with van der Waals surface area (Å²) >= 11 is 0. The van der Waals surface area contributed by atoms with E-state index in [1.165, 1.54) is 12.1 Å². The number of carbonyl (C=O) groups is 1. The maximum Gasteiger partial charge on any atom is 0.254 e. The van der Waals surface area contributed by atoms with Gasteiger partial charge in [-0.1, -0.05) is 48.5 Å². The van der Waals surface area contributed by atoms with Gasteiger partial charge >= 0.3 is 0 Å². The summed E-state index contributed by atoms with van der Waals surface area (Å²) in [4.78, 5) is 14.7. The average molecular weight is 363 g/mol. The summed E-state index contributed by atoms with van der Waals surface area (Å²) in [7, 11) is 0. The Kier molecular flexibility index (Phi) is 4.48. The van der Waals surface area contributed by atoms with Gasteiger partial charge in [0.15, 0.2) is 0 Å². The molecule has 0 saturated heterocycles. The largest absolute Gasteiger partial charge is 0.331 e. The smallest absolute Gasteiger partial charge is 0.254 e. The minimum atomic E-state index is -0.349. The van der Waals surface area contributed by atoms with E-state index in [9.17, 15) is 13.6 Å². The highest BCUT2D eigenvalue weighted by atomic mass is 19.1. The lowest BCUT2D eigenvalue weighted by molar-refractivity contribution is 0.0670. The van der Waals surface area contributed by atoms with Crippen molar-refractivity contribution < 1.29 is 13.6 Å². The van der Waals surface area contributed by atoms with E-state index in [2.05, 4.69) is 0 Å². The van der Waals surface area contributed by atoms with Gasteiger partial charge in [0.2, 0.25) is 0 Å². The number of rotatable bonds is 3. The Hall–Kier alpha value is -3.01. The summed E-state index contributed by atoms with van der Waals surface area (Å²) in [5.74, 6) is -0.708. The Morgan fingerprint density at radius 3 is 2.33 bits per heavy atom. The maximum absolute atomic E-state index is 14.1. The first-order valence-electron chi connectivity index (χ1n) is 8.99. The molecule has 1 aliphatic heterocycles. The number of halogens is 2. The number of benzene rings is 3. The lowest BCUT2D eigenvalue weighted by atomic mass is 9.92. The molecule has 3 aromatic carbocycles. The summed E-state index contributed by atoms with van der Waals surface area (Å²) in [6, 6.07) is 18.2. The molecule has 1 heterocycles. The third-order valence-electron chi connectivity index (χ3n) is 5.23. The molecule has 1 amide bonds. The normalized spacial score (nSPS) is 14.8. The number of hydrogen-bond donors (Lipinski definition) is 0. The molecule has 0 aromatic heterocycles. The second-order valence-corrected chi connectivity index (χ2v) is 6.80. The Morgan fingerprint density at radius 1 is 0.889 bits per heavy atom. The standard InChI is InChI=1S/C23H19F2NO/c1-15(18-6-2-4-8-21(18)24)26-13-12-17-14-16(10-11-20(17)23(26)27)19-7-3-5-9-22(19)25/h2-11,14-15H,12-13H2,1H3. The van der Waals surface area contributed by atoms with Gasteiger partial charge in [0.05, 0.1) is 6.04 Å². The van der Waals surface area contributed by atoms with Crippen LogP contribution in [0.2, 0.25) is 0 Å². The van der Waals surface area contributed by atoms with Crippen LogP contribution in [0.4, 0.5) is 8.78 Å². The summed E-state index contributed by atoms with van der Waals surface area (Å²) in [6.07, 6.45) is 0.655. The second kappa shape index (κ2) is 6.95. The van der Waals surface area contributed by atoms with E-state index in [0.717, 1.165) is 11.1 Å². The van der Waals surface area contributed by atoms with Crippen LogP contribution in [0.1, 0.15) is 34.5 Å². The predicted octanol–water partition coefficient (Wildman–Crippen LogP) is 5.39. The minimum Gasteiger partial charge on any atom is -0.331 e. The van der Waals surface area contributed by atoms with Crippen molar-refractivity contribution in [1.29, 1.82) is 0 Å². The molecular formula is C23H19F2NO. The highest BCUT2D eigenvalue weighted by Gasteiger charge is 2.29. The average Bonchev–Trinajstić information content (AvgIpc) is 2.68. The van der Waals surface area contributed by atoms with Crippen LogP contribution in [0.15, 0.2) is 66.7 Å². The van der Waals surface area contributed by atoms with Gasteiger partial charge in [0, 0.05) is 23.2 Å². The summed E-state index contributed by atoms with van der Waals surface area (Å²) in [6.45, 7) is 2.34. The molecular weight excluding hydrogens is 344 g/mol. The number of carbonyl (C=O) groups excluding carboxylic acids is 1. The van der Waals surface area contributed by atoms with E-state index >= 15 is 0 Å². The fraction of sp³-hybridized carbons (Fsp3) is 0.174. The van der Waals surface area contributed by atoms with Gasteiger partial charge in [0.25, 0.3) is 5.91 Å². The zero-order chi connectivity index (χ0) is 19.0. The Balaban J connectivity index is 1.66. The molecule has 1 unspecified atom stereocenters. The first kappa shape index (κ1) is 17.4. The molecule has 3 aromatic rings. The first-order valence-corrected chi connectivity index (χ1v) is 8.99. The van der Waals surface area contributed by atoms with Crippen LogP contribution < -0.4 is 0 Å². The van der Waals surface area contributed by atoms with E-state index in [0.29, 0.717) is 29.7 Å². The molecule has 0 spiro atoms. The van der Waals surface area contributed by atoms with Crippen molar-refractivity contribution in [3.63, 3.8) is 0 Å². The van der Waals surface area contributed by atoms with Crippen LogP contribution in [0, 0.1) is 11.6 Å². The topological polar surface area (TPSA) is 20.3 Å². The molecule has 4 rings (SSSR count). The fourth-order valence-electron chi connectivity index (χ4n) is 3.72. The fourth-order valence-corrected chi connectivity index (χ4v) is 3.72. The Bertz CT molecular complexity index is 1010. The minimum absolute atomic E-state index is 0.118. The van der Waals surface area contributed by atoms with Crippen LogP contribution in [-0.2, 0) is 6.42 Å². The molecule has 0 radical (unpaired) electrons. The zero-order valence-electron chi connectivity index (χ0n) is 15.0. The zero-order valence-corrected chi connectivity index (χ0v) is 15.0. The number of fused-ring (bicyclic) bond motifs is 1. The van der Waals surface area contributed by atoms with Crippen molar-refractivity contribution in [2.24, 2.45) is 0 Å². The quantitative estimate of drug-likeness (QED) is 0.611. The van der Waals surface area contributed by atoms with Gasteiger partial charge in [-0.25, -0.2) is 8.78 Å². The van der Waals surface area contributed by atoms with Crippen LogP contribution in [-0.4, -0.2) is 17.4 Å². The molecule has 0 fully saturated rings. The van der Waals surface area contributed by atoms with Crippen molar-refractivity contribution in [3.8, 4) is 11.1 Å².